The summed E-state index contributed by atoms with van der Waals surface area (Å²) in [4.78, 5) is 1.12. The van der Waals surface area contributed by atoms with Gasteiger partial charge in [-0.2, -0.15) is 26.0 Å². The minimum absolute atomic E-state index is 0.0203. The van der Waals surface area contributed by atoms with Crippen molar-refractivity contribution in [3.8, 4) is 0 Å². The second kappa shape index (κ2) is 9.74. The molecule has 1 aromatic carbocycles. The van der Waals surface area contributed by atoms with E-state index in [1.807, 2.05) is 0 Å². The van der Waals surface area contributed by atoms with Crippen molar-refractivity contribution in [1.82, 2.24) is 0 Å². The molecule has 3 rings (SSSR count). The molecule has 2 fully saturated rings. The molecular weight excluding hydrogens is 512 g/mol. The Morgan fingerprint density at radius 3 is 1.64 bits per heavy atom. The third kappa shape index (κ3) is 6.09. The van der Waals surface area contributed by atoms with Crippen molar-refractivity contribution in [2.24, 2.45) is 17.8 Å². The summed E-state index contributed by atoms with van der Waals surface area (Å²) in [5.41, 5.74) is 4.72. The summed E-state index contributed by atoms with van der Waals surface area (Å²) >= 11 is 4.74. The Bertz CT molecular complexity index is 1060. The molecule has 0 radical (unpaired) electrons. The zero-order valence-electron chi connectivity index (χ0n) is 22.8. The van der Waals surface area contributed by atoms with Crippen molar-refractivity contribution in [3.63, 3.8) is 0 Å². The van der Waals surface area contributed by atoms with Crippen LogP contribution < -0.4 is 0 Å². The molecule has 0 heterocycles. The first-order valence-electron chi connectivity index (χ1n) is 12.4. The van der Waals surface area contributed by atoms with E-state index in [1.165, 1.54) is 16.7 Å². The first-order valence-corrected chi connectivity index (χ1v) is 14.3. The van der Waals surface area contributed by atoms with Crippen LogP contribution in [0.1, 0.15) is 105 Å². The van der Waals surface area contributed by atoms with Crippen molar-refractivity contribution in [2.45, 2.75) is 120 Å². The summed E-state index contributed by atoms with van der Waals surface area (Å²) in [5, 5.41) is -5.41. The summed E-state index contributed by atoms with van der Waals surface area (Å²) in [6, 6.07) is 4.43. The topological polar surface area (TPSA) is 54.4 Å². The van der Waals surface area contributed by atoms with Crippen LogP contribution in [-0.4, -0.2) is 24.1 Å². The maximum absolute atomic E-state index is 13.6. The van der Waals surface area contributed by atoms with E-state index in [-0.39, 0.29) is 28.6 Å². The number of hydrogen-bond acceptors (Lipinski definition) is 3. The van der Waals surface area contributed by atoms with E-state index in [9.17, 15) is 26.0 Å². The van der Waals surface area contributed by atoms with Gasteiger partial charge in [0, 0.05) is 10.8 Å². The van der Waals surface area contributed by atoms with E-state index in [2.05, 4.69) is 74.4 Å². The van der Waals surface area contributed by atoms with Gasteiger partial charge in [-0.1, -0.05) is 74.8 Å². The lowest BCUT2D eigenvalue weighted by Crippen LogP contribution is -2.52. The predicted molar refractivity (Wildman–Crippen MR) is 140 cm³/mol. The summed E-state index contributed by atoms with van der Waals surface area (Å²) in [5.74, 6) is -6.95. The van der Waals surface area contributed by atoms with Crippen LogP contribution in [0.4, 0.5) is 17.6 Å². The Hall–Kier alpha value is -0.800. The molecule has 3 nitrogen and oxygen atoms in total. The van der Waals surface area contributed by atoms with Crippen LogP contribution in [-0.2, 0) is 26.4 Å². The minimum Gasteiger partial charge on any atom is -0.281 e. The maximum Gasteiger partial charge on any atom is 0.431 e. The normalized spacial score (nSPS) is 23.5. The number of thiol groups is 1. The van der Waals surface area contributed by atoms with Crippen LogP contribution in [0.5, 0.6) is 0 Å². The fourth-order valence-electron chi connectivity index (χ4n) is 5.83. The zero-order valence-corrected chi connectivity index (χ0v) is 24.6. The number of hydrogen-bond donors (Lipinski definition) is 2. The number of benzene rings is 1. The van der Waals surface area contributed by atoms with E-state index in [1.54, 1.807) is 0 Å². The van der Waals surface area contributed by atoms with E-state index >= 15 is 0 Å². The summed E-state index contributed by atoms with van der Waals surface area (Å²) < 4.78 is 82.4. The lowest BCUT2D eigenvalue weighted by Gasteiger charge is -2.37. The van der Waals surface area contributed by atoms with Crippen LogP contribution in [0, 0.1) is 17.8 Å². The van der Waals surface area contributed by atoms with E-state index in [0.717, 1.165) is 11.3 Å². The molecule has 3 unspecified atom stereocenters. The van der Waals surface area contributed by atoms with Crippen molar-refractivity contribution >= 4 is 22.7 Å². The minimum atomic E-state index is -6.10. The lowest BCUT2D eigenvalue weighted by molar-refractivity contribution is -0.202. The first kappa shape index (κ1) is 31.4. The SMILES string of the molecule is CC(C)(C)c1ccc(S)c(C(C)(C)C)c1C(C)(C)C.O=S(=O)(O)C(F)(F)C(F)(F)C1CC2CCC1C2. The number of rotatable bonds is 3. The fourth-order valence-corrected chi connectivity index (χ4v) is 6.85. The number of halogens is 4. The smallest absolute Gasteiger partial charge is 0.281 e. The van der Waals surface area contributed by atoms with Gasteiger partial charge in [-0.25, -0.2) is 0 Å². The van der Waals surface area contributed by atoms with E-state index in [0.29, 0.717) is 12.8 Å². The Kier molecular flexibility index (Phi) is 8.50. The highest BCUT2D eigenvalue weighted by molar-refractivity contribution is 7.87. The van der Waals surface area contributed by atoms with Gasteiger partial charge in [0.05, 0.1) is 0 Å². The second-order valence-electron chi connectivity index (χ2n) is 13.5. The zero-order chi connectivity index (χ0) is 28.3. The fraction of sp³-hybridized carbons (Fsp3) is 0.778. The molecule has 1 aromatic rings. The van der Waals surface area contributed by atoms with Gasteiger partial charge in [0.15, 0.2) is 0 Å². The van der Waals surface area contributed by atoms with Gasteiger partial charge in [-0.3, -0.25) is 4.55 Å². The quantitative estimate of drug-likeness (QED) is 0.224. The number of alkyl halides is 4. The van der Waals surface area contributed by atoms with E-state index < -0.39 is 33.1 Å². The van der Waals surface area contributed by atoms with Crippen molar-refractivity contribution in [1.29, 1.82) is 0 Å². The second-order valence-corrected chi connectivity index (χ2v) is 15.5. The highest BCUT2D eigenvalue weighted by atomic mass is 32.2. The van der Waals surface area contributed by atoms with Gasteiger partial charge in [0.25, 0.3) is 0 Å². The van der Waals surface area contributed by atoms with Crippen LogP contribution >= 0.6 is 12.6 Å². The Balaban J connectivity index is 0.000000255. The molecule has 9 heteroatoms. The van der Waals surface area contributed by atoms with Crippen molar-refractivity contribution < 1.29 is 30.5 Å². The average Bonchev–Trinajstić information content (AvgIpc) is 3.28. The van der Waals surface area contributed by atoms with Crippen molar-refractivity contribution in [2.75, 3.05) is 0 Å². The third-order valence-corrected chi connectivity index (χ3v) is 8.70. The van der Waals surface area contributed by atoms with Gasteiger partial charge in [-0.05, 0) is 70.1 Å². The first-order chi connectivity index (χ1) is 15.8. The molecule has 0 spiro atoms. The van der Waals surface area contributed by atoms with Crippen molar-refractivity contribution in [3.05, 3.63) is 28.8 Å². The monoisotopic (exact) mass is 554 g/mol. The summed E-state index contributed by atoms with van der Waals surface area (Å²) in [6.07, 6.45) is 1.51. The molecule has 208 valence electrons. The Morgan fingerprint density at radius 1 is 0.806 bits per heavy atom. The molecule has 2 aliphatic carbocycles. The van der Waals surface area contributed by atoms with Crippen LogP contribution in [0.2, 0.25) is 0 Å². The molecule has 0 aliphatic heterocycles. The van der Waals surface area contributed by atoms with Gasteiger partial charge < -0.3 is 0 Å². The molecule has 2 aliphatic rings. The standard InChI is InChI=1S/C18H30S.C9H12F4O3S/c1-16(2,3)12-10-11-13(19)15(18(7,8)9)14(12)17(4,5)6;10-8(11,9(12,13)17(14,15)16)7-4-5-1-2-6(7)3-5/h10-11,19H,1-9H3;5-7H,1-4H2,(H,14,15,16). The molecule has 0 aromatic heterocycles. The van der Waals surface area contributed by atoms with Gasteiger partial charge in [-0.15, -0.1) is 12.6 Å². The van der Waals surface area contributed by atoms with Gasteiger partial charge >= 0.3 is 21.3 Å². The van der Waals surface area contributed by atoms with Crippen LogP contribution in [0.15, 0.2) is 17.0 Å². The Labute approximate surface area is 220 Å². The van der Waals surface area contributed by atoms with E-state index in [4.69, 9.17) is 17.2 Å². The van der Waals surface area contributed by atoms with Gasteiger partial charge in [0.2, 0.25) is 0 Å². The average molecular weight is 555 g/mol. The highest BCUT2D eigenvalue weighted by Gasteiger charge is 2.71. The Morgan fingerprint density at radius 2 is 1.31 bits per heavy atom. The molecule has 1 N–H and O–H groups in total. The molecule has 36 heavy (non-hydrogen) atoms. The number of fused-ring (bicyclic) bond motifs is 2. The summed E-state index contributed by atoms with van der Waals surface area (Å²) in [6.45, 7) is 20.6. The molecule has 2 saturated carbocycles. The lowest BCUT2D eigenvalue weighted by atomic mass is 9.69. The predicted octanol–water partition coefficient (Wildman–Crippen LogP) is 8.41. The molecule has 0 amide bonds. The third-order valence-electron chi connectivity index (χ3n) is 7.41. The van der Waals surface area contributed by atoms with Gasteiger partial charge in [0.1, 0.15) is 0 Å². The maximum atomic E-state index is 13.6. The largest absolute Gasteiger partial charge is 0.431 e. The molecule has 3 atom stereocenters. The van der Waals surface area contributed by atoms with Crippen LogP contribution in [0.25, 0.3) is 0 Å². The van der Waals surface area contributed by atoms with Crippen LogP contribution in [0.3, 0.4) is 0 Å². The molecular formula is C27H42F4O3S2. The molecule has 2 bridgehead atoms. The molecule has 0 saturated heterocycles. The highest BCUT2D eigenvalue weighted by Crippen LogP contribution is 2.58. The summed E-state index contributed by atoms with van der Waals surface area (Å²) in [7, 11) is -6.10.